The molecule has 7 heteroatoms. The second kappa shape index (κ2) is 5.99. The lowest BCUT2D eigenvalue weighted by molar-refractivity contribution is 0.102. The number of hydrogen-bond donors (Lipinski definition) is 2. The minimum absolute atomic E-state index is 0.247. The van der Waals surface area contributed by atoms with Gasteiger partial charge in [0.05, 0.1) is 4.47 Å². The summed E-state index contributed by atoms with van der Waals surface area (Å²) >= 11 is 9.16. The molecular weight excluding hydrogens is 332 g/mol. The molecule has 0 saturated carbocycles. The smallest absolute Gasteiger partial charge is 0.257 e. The summed E-state index contributed by atoms with van der Waals surface area (Å²) in [5.41, 5.74) is 0.405. The first-order chi connectivity index (χ1) is 9.10. The van der Waals surface area contributed by atoms with E-state index in [-0.39, 0.29) is 11.1 Å². The van der Waals surface area contributed by atoms with Crippen LogP contribution in [0.2, 0.25) is 5.15 Å². The Bertz CT molecular complexity index is 620. The van der Waals surface area contributed by atoms with Gasteiger partial charge >= 0.3 is 0 Å². The number of nitrogens with one attached hydrogen (secondary N) is 2. The third-order valence-electron chi connectivity index (χ3n) is 2.30. The van der Waals surface area contributed by atoms with Crippen molar-refractivity contribution in [2.75, 3.05) is 17.7 Å². The highest BCUT2D eigenvalue weighted by atomic mass is 79.9. The first-order valence-corrected chi connectivity index (χ1v) is 6.54. The van der Waals surface area contributed by atoms with Crippen molar-refractivity contribution >= 4 is 45.1 Å². The van der Waals surface area contributed by atoms with E-state index >= 15 is 0 Å². The maximum atomic E-state index is 12.1. The van der Waals surface area contributed by atoms with E-state index in [9.17, 15) is 4.79 Å². The molecule has 0 aromatic carbocycles. The van der Waals surface area contributed by atoms with Crippen molar-refractivity contribution < 1.29 is 4.79 Å². The maximum absolute atomic E-state index is 12.1. The highest BCUT2D eigenvalue weighted by Gasteiger charge is 2.11. The zero-order chi connectivity index (χ0) is 13.8. The van der Waals surface area contributed by atoms with Crippen LogP contribution in [0.3, 0.4) is 0 Å². The molecule has 0 fully saturated rings. The monoisotopic (exact) mass is 340 g/mol. The molecule has 2 heterocycles. The molecule has 0 aliphatic heterocycles. The zero-order valence-electron chi connectivity index (χ0n) is 9.95. The second-order valence-electron chi connectivity index (χ2n) is 3.60. The molecule has 2 N–H and O–H groups in total. The number of carbonyl (C=O) groups is 1. The van der Waals surface area contributed by atoms with Crippen LogP contribution in [0.15, 0.2) is 34.9 Å². The number of aromatic nitrogens is 2. The summed E-state index contributed by atoms with van der Waals surface area (Å²) in [5.74, 6) is 0.671. The van der Waals surface area contributed by atoms with Crippen LogP contribution >= 0.6 is 27.5 Å². The van der Waals surface area contributed by atoms with Crippen molar-refractivity contribution in [2.24, 2.45) is 0 Å². The van der Waals surface area contributed by atoms with E-state index in [0.29, 0.717) is 21.7 Å². The van der Waals surface area contributed by atoms with Gasteiger partial charge in [0.15, 0.2) is 0 Å². The van der Waals surface area contributed by atoms with E-state index in [0.717, 1.165) is 0 Å². The molecule has 0 saturated heterocycles. The number of halogens is 2. The van der Waals surface area contributed by atoms with Crippen LogP contribution in [0.25, 0.3) is 0 Å². The number of hydrogen-bond acceptors (Lipinski definition) is 4. The molecule has 0 atom stereocenters. The molecule has 2 aromatic rings. The van der Waals surface area contributed by atoms with Gasteiger partial charge in [-0.25, -0.2) is 9.97 Å². The van der Waals surface area contributed by atoms with Gasteiger partial charge in [0, 0.05) is 18.8 Å². The van der Waals surface area contributed by atoms with Crippen molar-refractivity contribution in [3.05, 3.63) is 45.7 Å². The van der Waals surface area contributed by atoms with E-state index in [1.54, 1.807) is 31.4 Å². The zero-order valence-corrected chi connectivity index (χ0v) is 12.3. The second-order valence-corrected chi connectivity index (χ2v) is 4.84. The van der Waals surface area contributed by atoms with Crippen LogP contribution in [0.5, 0.6) is 0 Å². The topological polar surface area (TPSA) is 66.9 Å². The standard InChI is InChI=1S/C12H10BrClN4O/c1-15-10-6-7(5-9(14)17-10)12(19)18-11-8(13)3-2-4-16-11/h2-6H,1H3,(H,15,17)(H,16,18,19). The Labute approximate surface area is 123 Å². The molecule has 0 unspecified atom stereocenters. The molecule has 0 spiro atoms. The van der Waals surface area contributed by atoms with Crippen molar-refractivity contribution in [3.8, 4) is 0 Å². The van der Waals surface area contributed by atoms with Crippen LogP contribution < -0.4 is 10.6 Å². The molecule has 5 nitrogen and oxygen atoms in total. The van der Waals surface area contributed by atoms with Crippen LogP contribution in [0.4, 0.5) is 11.6 Å². The minimum atomic E-state index is -0.305. The normalized spacial score (nSPS) is 10.1. The Morgan fingerprint density at radius 1 is 1.42 bits per heavy atom. The maximum Gasteiger partial charge on any atom is 0.257 e. The van der Waals surface area contributed by atoms with Crippen LogP contribution in [-0.2, 0) is 0 Å². The molecule has 0 aliphatic carbocycles. The minimum Gasteiger partial charge on any atom is -0.373 e. The van der Waals surface area contributed by atoms with E-state index in [1.165, 1.54) is 6.07 Å². The quantitative estimate of drug-likeness (QED) is 0.841. The van der Waals surface area contributed by atoms with E-state index < -0.39 is 0 Å². The van der Waals surface area contributed by atoms with E-state index in [2.05, 4.69) is 36.5 Å². The summed E-state index contributed by atoms with van der Waals surface area (Å²) in [7, 11) is 1.70. The fraction of sp³-hybridized carbons (Fsp3) is 0.0833. The van der Waals surface area contributed by atoms with Gasteiger partial charge in [0.1, 0.15) is 16.8 Å². The summed E-state index contributed by atoms with van der Waals surface area (Å²) in [6.07, 6.45) is 1.60. The Morgan fingerprint density at radius 3 is 2.89 bits per heavy atom. The Hall–Kier alpha value is -1.66. The van der Waals surface area contributed by atoms with Gasteiger partial charge in [-0.05, 0) is 40.2 Å². The molecule has 98 valence electrons. The SMILES string of the molecule is CNc1cc(C(=O)Nc2ncccc2Br)cc(Cl)n1. The van der Waals surface area contributed by atoms with Crippen LogP contribution in [-0.4, -0.2) is 22.9 Å². The van der Waals surface area contributed by atoms with Crippen molar-refractivity contribution in [1.82, 2.24) is 9.97 Å². The summed E-state index contributed by atoms with van der Waals surface area (Å²) in [6.45, 7) is 0. The highest BCUT2D eigenvalue weighted by Crippen LogP contribution is 2.20. The van der Waals surface area contributed by atoms with Gasteiger partial charge in [-0.1, -0.05) is 11.6 Å². The van der Waals surface area contributed by atoms with Gasteiger partial charge in [-0.15, -0.1) is 0 Å². The Kier molecular flexibility index (Phi) is 4.34. The molecule has 0 bridgehead atoms. The Balaban J connectivity index is 2.25. The number of carbonyl (C=O) groups excluding carboxylic acids is 1. The molecule has 19 heavy (non-hydrogen) atoms. The summed E-state index contributed by atoms with van der Waals surface area (Å²) < 4.78 is 0.706. The summed E-state index contributed by atoms with van der Waals surface area (Å²) in [4.78, 5) is 20.2. The van der Waals surface area contributed by atoms with Crippen molar-refractivity contribution in [3.63, 3.8) is 0 Å². The molecular formula is C12H10BrClN4O. The highest BCUT2D eigenvalue weighted by molar-refractivity contribution is 9.10. The Morgan fingerprint density at radius 2 is 2.21 bits per heavy atom. The summed E-state index contributed by atoms with van der Waals surface area (Å²) in [6, 6.07) is 6.66. The van der Waals surface area contributed by atoms with Gasteiger partial charge < -0.3 is 10.6 Å². The van der Waals surface area contributed by atoms with Crippen LogP contribution in [0.1, 0.15) is 10.4 Å². The van der Waals surface area contributed by atoms with Gasteiger partial charge in [0.2, 0.25) is 0 Å². The molecule has 0 radical (unpaired) electrons. The van der Waals surface area contributed by atoms with Gasteiger partial charge in [0.25, 0.3) is 5.91 Å². The number of rotatable bonds is 3. The average Bonchev–Trinajstić information content (AvgIpc) is 2.40. The fourth-order valence-corrected chi connectivity index (χ4v) is 1.98. The molecule has 1 amide bonds. The summed E-state index contributed by atoms with van der Waals surface area (Å²) in [5, 5.41) is 5.78. The van der Waals surface area contributed by atoms with Crippen molar-refractivity contribution in [2.45, 2.75) is 0 Å². The predicted molar refractivity (Wildman–Crippen MR) is 78.7 cm³/mol. The largest absolute Gasteiger partial charge is 0.373 e. The average molecular weight is 342 g/mol. The number of nitrogens with zero attached hydrogens (tertiary/aromatic N) is 2. The lowest BCUT2D eigenvalue weighted by Gasteiger charge is -2.07. The van der Waals surface area contributed by atoms with E-state index in [4.69, 9.17) is 11.6 Å². The molecule has 2 rings (SSSR count). The van der Waals surface area contributed by atoms with Gasteiger partial charge in [-0.3, -0.25) is 4.79 Å². The third-order valence-corrected chi connectivity index (χ3v) is 3.14. The number of amides is 1. The predicted octanol–water partition coefficient (Wildman–Crippen LogP) is 3.19. The first kappa shape index (κ1) is 13.8. The number of pyridine rings is 2. The lowest BCUT2D eigenvalue weighted by Crippen LogP contribution is -2.14. The third kappa shape index (κ3) is 3.42. The first-order valence-electron chi connectivity index (χ1n) is 5.37. The fourth-order valence-electron chi connectivity index (χ4n) is 1.41. The van der Waals surface area contributed by atoms with Gasteiger partial charge in [-0.2, -0.15) is 0 Å². The van der Waals surface area contributed by atoms with Crippen LogP contribution in [0, 0.1) is 0 Å². The lowest BCUT2D eigenvalue weighted by atomic mass is 10.2. The number of anilines is 2. The van der Waals surface area contributed by atoms with E-state index in [1.807, 2.05) is 0 Å². The molecule has 2 aromatic heterocycles. The molecule has 0 aliphatic rings. The van der Waals surface area contributed by atoms with Crippen molar-refractivity contribution in [1.29, 1.82) is 0 Å².